The molecule has 1 fully saturated rings. The van der Waals surface area contributed by atoms with Crippen molar-refractivity contribution in [1.82, 2.24) is 5.16 Å². The molecule has 2 rings (SSSR count). The van der Waals surface area contributed by atoms with Gasteiger partial charge in [0.25, 0.3) is 0 Å². The molecule has 1 saturated heterocycles. The Morgan fingerprint density at radius 3 is 3.07 bits per heavy atom. The molecule has 0 aromatic carbocycles. The van der Waals surface area contributed by atoms with Crippen LogP contribution in [0.25, 0.3) is 0 Å². The highest BCUT2D eigenvalue weighted by molar-refractivity contribution is 5.25. The molecule has 4 heteroatoms. The molecule has 0 spiro atoms. The van der Waals surface area contributed by atoms with Crippen LogP contribution in [0.4, 0.5) is 0 Å². The average molecular weight is 210 g/mol. The number of hydrogen-bond acceptors (Lipinski definition) is 4. The molecule has 1 aromatic heterocycles. The van der Waals surface area contributed by atoms with Crippen molar-refractivity contribution in [3.63, 3.8) is 0 Å². The SMILES string of the molecule is Cc1noc(C2CCCOC2)c1CCN. The summed E-state index contributed by atoms with van der Waals surface area (Å²) in [6.07, 6.45) is 3.08. The van der Waals surface area contributed by atoms with Gasteiger partial charge < -0.3 is 15.0 Å². The summed E-state index contributed by atoms with van der Waals surface area (Å²) in [6, 6.07) is 0. The molecule has 0 radical (unpaired) electrons. The van der Waals surface area contributed by atoms with Crippen molar-refractivity contribution in [2.45, 2.75) is 32.1 Å². The summed E-state index contributed by atoms with van der Waals surface area (Å²) in [6.45, 7) is 4.24. The quantitative estimate of drug-likeness (QED) is 0.818. The fourth-order valence-corrected chi connectivity index (χ4v) is 2.12. The molecule has 15 heavy (non-hydrogen) atoms. The van der Waals surface area contributed by atoms with Crippen molar-refractivity contribution in [3.8, 4) is 0 Å². The Kier molecular flexibility index (Phi) is 3.38. The predicted octanol–water partition coefficient (Wildman–Crippen LogP) is 1.38. The topological polar surface area (TPSA) is 61.3 Å². The molecule has 84 valence electrons. The molecule has 1 aromatic rings. The summed E-state index contributed by atoms with van der Waals surface area (Å²) in [5.41, 5.74) is 7.75. The molecule has 4 nitrogen and oxygen atoms in total. The number of aryl methyl sites for hydroxylation is 1. The Hall–Kier alpha value is -0.870. The molecule has 2 N–H and O–H groups in total. The Morgan fingerprint density at radius 1 is 1.53 bits per heavy atom. The van der Waals surface area contributed by atoms with E-state index in [4.69, 9.17) is 15.0 Å². The van der Waals surface area contributed by atoms with Gasteiger partial charge in [-0.15, -0.1) is 0 Å². The molecule has 0 bridgehead atoms. The third-order valence-corrected chi connectivity index (χ3v) is 2.94. The van der Waals surface area contributed by atoms with Gasteiger partial charge in [0.1, 0.15) is 5.76 Å². The van der Waals surface area contributed by atoms with Crippen molar-refractivity contribution >= 4 is 0 Å². The van der Waals surface area contributed by atoms with Gasteiger partial charge in [0.05, 0.1) is 12.3 Å². The number of hydrogen-bond donors (Lipinski definition) is 1. The maximum absolute atomic E-state index is 5.59. The Labute approximate surface area is 89.8 Å². The van der Waals surface area contributed by atoms with Crippen LogP contribution < -0.4 is 5.73 Å². The highest BCUT2D eigenvalue weighted by Crippen LogP contribution is 2.29. The van der Waals surface area contributed by atoms with Crippen LogP contribution in [0.3, 0.4) is 0 Å². The largest absolute Gasteiger partial charge is 0.381 e. The predicted molar refractivity (Wildman–Crippen MR) is 56.8 cm³/mol. The van der Waals surface area contributed by atoms with E-state index in [1.165, 1.54) is 5.56 Å². The van der Waals surface area contributed by atoms with E-state index in [0.717, 1.165) is 43.9 Å². The summed E-state index contributed by atoms with van der Waals surface area (Å²) in [7, 11) is 0. The summed E-state index contributed by atoms with van der Waals surface area (Å²) in [4.78, 5) is 0. The standard InChI is InChI=1S/C11H18N2O2/c1-8-10(4-5-12)11(15-13-8)9-3-2-6-14-7-9/h9H,2-7,12H2,1H3. The minimum Gasteiger partial charge on any atom is -0.381 e. The van der Waals surface area contributed by atoms with Crippen LogP contribution in [-0.2, 0) is 11.2 Å². The molecular weight excluding hydrogens is 192 g/mol. The van der Waals surface area contributed by atoms with E-state index in [1.54, 1.807) is 0 Å². The van der Waals surface area contributed by atoms with Crippen LogP contribution in [0.2, 0.25) is 0 Å². The van der Waals surface area contributed by atoms with Gasteiger partial charge in [-0.3, -0.25) is 0 Å². The molecular formula is C11H18N2O2. The van der Waals surface area contributed by atoms with Gasteiger partial charge in [0, 0.05) is 18.1 Å². The van der Waals surface area contributed by atoms with Gasteiger partial charge >= 0.3 is 0 Å². The van der Waals surface area contributed by atoms with Crippen LogP contribution in [0.1, 0.15) is 35.8 Å². The van der Waals surface area contributed by atoms with Crippen molar-refractivity contribution in [3.05, 3.63) is 17.0 Å². The first-order valence-electron chi connectivity index (χ1n) is 5.55. The molecule has 0 aliphatic carbocycles. The Bertz CT molecular complexity index is 316. The fraction of sp³-hybridized carbons (Fsp3) is 0.727. The van der Waals surface area contributed by atoms with E-state index in [9.17, 15) is 0 Å². The average Bonchev–Trinajstić information content (AvgIpc) is 2.63. The zero-order valence-electron chi connectivity index (χ0n) is 9.16. The number of nitrogens with zero attached hydrogens (tertiary/aromatic N) is 1. The van der Waals surface area contributed by atoms with Gasteiger partial charge in [0.15, 0.2) is 0 Å². The van der Waals surface area contributed by atoms with E-state index in [0.29, 0.717) is 12.5 Å². The van der Waals surface area contributed by atoms with Crippen molar-refractivity contribution in [1.29, 1.82) is 0 Å². The van der Waals surface area contributed by atoms with Gasteiger partial charge in [-0.2, -0.15) is 0 Å². The highest BCUT2D eigenvalue weighted by atomic mass is 16.5. The highest BCUT2D eigenvalue weighted by Gasteiger charge is 2.24. The van der Waals surface area contributed by atoms with E-state index in [1.807, 2.05) is 6.92 Å². The number of nitrogens with two attached hydrogens (primary N) is 1. The minimum atomic E-state index is 0.376. The van der Waals surface area contributed by atoms with Crippen LogP contribution in [0.15, 0.2) is 4.52 Å². The van der Waals surface area contributed by atoms with Gasteiger partial charge in [-0.05, 0) is 32.7 Å². The maximum Gasteiger partial charge on any atom is 0.145 e. The molecule has 0 saturated carbocycles. The first-order chi connectivity index (χ1) is 7.33. The van der Waals surface area contributed by atoms with Crippen molar-refractivity contribution in [2.75, 3.05) is 19.8 Å². The maximum atomic E-state index is 5.59. The third-order valence-electron chi connectivity index (χ3n) is 2.94. The Balaban J connectivity index is 2.18. The summed E-state index contributed by atoms with van der Waals surface area (Å²) < 4.78 is 10.9. The molecule has 1 unspecified atom stereocenters. The summed E-state index contributed by atoms with van der Waals surface area (Å²) >= 11 is 0. The molecule has 1 aliphatic rings. The second kappa shape index (κ2) is 4.77. The first kappa shape index (κ1) is 10.6. The second-order valence-electron chi connectivity index (χ2n) is 4.06. The lowest BCUT2D eigenvalue weighted by Crippen LogP contribution is -2.17. The second-order valence-corrected chi connectivity index (χ2v) is 4.06. The molecule has 0 amide bonds. The minimum absolute atomic E-state index is 0.376. The fourth-order valence-electron chi connectivity index (χ4n) is 2.12. The number of aromatic nitrogens is 1. The van der Waals surface area contributed by atoms with Crippen molar-refractivity contribution < 1.29 is 9.26 Å². The molecule has 2 heterocycles. The van der Waals surface area contributed by atoms with Gasteiger partial charge in [0.2, 0.25) is 0 Å². The molecule has 1 aliphatic heterocycles. The number of rotatable bonds is 3. The van der Waals surface area contributed by atoms with Gasteiger partial charge in [-0.1, -0.05) is 5.16 Å². The van der Waals surface area contributed by atoms with Crippen molar-refractivity contribution in [2.24, 2.45) is 5.73 Å². The van der Waals surface area contributed by atoms with Crippen LogP contribution >= 0.6 is 0 Å². The number of ether oxygens (including phenoxy) is 1. The Morgan fingerprint density at radius 2 is 2.40 bits per heavy atom. The monoisotopic (exact) mass is 210 g/mol. The zero-order valence-corrected chi connectivity index (χ0v) is 9.16. The van der Waals surface area contributed by atoms with E-state index < -0.39 is 0 Å². The van der Waals surface area contributed by atoms with Crippen LogP contribution in [-0.4, -0.2) is 24.9 Å². The normalized spacial score (nSPS) is 21.9. The van der Waals surface area contributed by atoms with Crippen LogP contribution in [0, 0.1) is 6.92 Å². The van der Waals surface area contributed by atoms with Gasteiger partial charge in [-0.25, -0.2) is 0 Å². The van der Waals surface area contributed by atoms with E-state index >= 15 is 0 Å². The van der Waals surface area contributed by atoms with E-state index in [2.05, 4.69) is 5.16 Å². The lowest BCUT2D eigenvalue weighted by Gasteiger charge is -2.20. The summed E-state index contributed by atoms with van der Waals surface area (Å²) in [5.74, 6) is 1.37. The van der Waals surface area contributed by atoms with E-state index in [-0.39, 0.29) is 0 Å². The smallest absolute Gasteiger partial charge is 0.145 e. The molecule has 1 atom stereocenters. The van der Waals surface area contributed by atoms with Crippen LogP contribution in [0.5, 0.6) is 0 Å². The third kappa shape index (κ3) is 2.21. The summed E-state index contributed by atoms with van der Waals surface area (Å²) in [5, 5.41) is 4.02. The first-order valence-corrected chi connectivity index (χ1v) is 5.55. The lowest BCUT2D eigenvalue weighted by atomic mass is 9.94. The zero-order chi connectivity index (χ0) is 10.7. The lowest BCUT2D eigenvalue weighted by molar-refractivity contribution is 0.0718.